The Morgan fingerprint density at radius 2 is 2.11 bits per heavy atom. The summed E-state index contributed by atoms with van der Waals surface area (Å²) in [7, 11) is 0. The zero-order valence-corrected chi connectivity index (χ0v) is 10.7. The summed E-state index contributed by atoms with van der Waals surface area (Å²) in [6.45, 7) is 3.02. The number of nitrogens with zero attached hydrogens (tertiary/aromatic N) is 2. The molecule has 104 valence electrons. The predicted molar refractivity (Wildman–Crippen MR) is 68.7 cm³/mol. The van der Waals surface area contributed by atoms with Gasteiger partial charge in [0.25, 0.3) is 5.91 Å². The predicted octanol–water partition coefficient (Wildman–Crippen LogP) is 0.124. The monoisotopic (exact) mass is 267 g/mol. The molecule has 8 heteroatoms. The molecular formula is C11H17N5O3. The number of nitrogens with two attached hydrogens (primary N) is 1. The summed E-state index contributed by atoms with van der Waals surface area (Å²) in [5, 5.41) is 5.57. The van der Waals surface area contributed by atoms with Gasteiger partial charge in [0.1, 0.15) is 18.1 Å². The molecule has 0 aromatic carbocycles. The Hall–Kier alpha value is -2.38. The molecule has 19 heavy (non-hydrogen) atoms. The summed E-state index contributed by atoms with van der Waals surface area (Å²) in [6.07, 6.45) is 2.97. The summed E-state index contributed by atoms with van der Waals surface area (Å²) in [5.74, 6) is 0.234. The van der Waals surface area contributed by atoms with Crippen molar-refractivity contribution in [2.75, 3.05) is 25.0 Å². The maximum Gasteiger partial charge on any atom is 0.404 e. The van der Waals surface area contributed by atoms with Crippen molar-refractivity contribution in [3.63, 3.8) is 0 Å². The molecule has 1 rings (SSSR count). The van der Waals surface area contributed by atoms with Crippen LogP contribution in [0, 0.1) is 0 Å². The highest BCUT2D eigenvalue weighted by atomic mass is 16.5. The van der Waals surface area contributed by atoms with Gasteiger partial charge in [0.05, 0.1) is 18.9 Å². The lowest BCUT2D eigenvalue weighted by Gasteiger charge is -2.06. The second kappa shape index (κ2) is 7.85. The van der Waals surface area contributed by atoms with Crippen LogP contribution in [0.2, 0.25) is 0 Å². The SMILES string of the molecule is CCCNc1cnc(C(=O)NCCOC(N)=O)cn1. The molecule has 8 nitrogen and oxygen atoms in total. The van der Waals surface area contributed by atoms with Crippen molar-refractivity contribution in [3.05, 3.63) is 18.1 Å². The van der Waals surface area contributed by atoms with Gasteiger partial charge in [0.2, 0.25) is 0 Å². The zero-order valence-electron chi connectivity index (χ0n) is 10.7. The molecule has 1 aromatic heterocycles. The lowest BCUT2D eigenvalue weighted by atomic mass is 10.4. The third-order valence-corrected chi connectivity index (χ3v) is 2.07. The van der Waals surface area contributed by atoms with Crippen LogP contribution in [0.1, 0.15) is 23.8 Å². The lowest BCUT2D eigenvalue weighted by molar-refractivity contribution is 0.0931. The van der Waals surface area contributed by atoms with Gasteiger partial charge in [0.15, 0.2) is 0 Å². The number of hydrogen-bond donors (Lipinski definition) is 3. The first-order chi connectivity index (χ1) is 9.13. The summed E-state index contributed by atoms with van der Waals surface area (Å²) >= 11 is 0. The van der Waals surface area contributed by atoms with Crippen LogP contribution >= 0.6 is 0 Å². The molecule has 0 bridgehead atoms. The quantitative estimate of drug-likeness (QED) is 0.604. The van der Waals surface area contributed by atoms with E-state index in [9.17, 15) is 9.59 Å². The Morgan fingerprint density at radius 3 is 2.68 bits per heavy atom. The number of nitrogens with one attached hydrogen (secondary N) is 2. The van der Waals surface area contributed by atoms with Gasteiger partial charge in [0, 0.05) is 6.54 Å². The van der Waals surface area contributed by atoms with Crippen LogP contribution in [-0.2, 0) is 4.74 Å². The molecule has 0 spiro atoms. The number of anilines is 1. The molecule has 1 heterocycles. The minimum atomic E-state index is -0.875. The van der Waals surface area contributed by atoms with Crippen molar-refractivity contribution in [3.8, 4) is 0 Å². The first-order valence-electron chi connectivity index (χ1n) is 5.89. The minimum Gasteiger partial charge on any atom is -0.448 e. The Bertz CT molecular complexity index is 421. The van der Waals surface area contributed by atoms with Crippen LogP contribution in [-0.4, -0.2) is 41.7 Å². The van der Waals surface area contributed by atoms with E-state index in [0.29, 0.717) is 5.82 Å². The molecule has 0 aliphatic carbocycles. The Balaban J connectivity index is 2.37. The van der Waals surface area contributed by atoms with Gasteiger partial charge in [-0.2, -0.15) is 0 Å². The van der Waals surface area contributed by atoms with Crippen molar-refractivity contribution in [2.45, 2.75) is 13.3 Å². The van der Waals surface area contributed by atoms with Gasteiger partial charge in [-0.15, -0.1) is 0 Å². The number of primary amides is 1. The molecule has 2 amide bonds. The summed E-state index contributed by atoms with van der Waals surface area (Å²) in [4.78, 5) is 29.9. The fourth-order valence-corrected chi connectivity index (χ4v) is 1.20. The number of carbonyl (C=O) groups excluding carboxylic acids is 2. The molecule has 1 aromatic rings. The number of hydrogen-bond acceptors (Lipinski definition) is 6. The number of amides is 2. The van der Waals surface area contributed by atoms with E-state index in [4.69, 9.17) is 5.73 Å². The average molecular weight is 267 g/mol. The van der Waals surface area contributed by atoms with E-state index >= 15 is 0 Å². The number of rotatable bonds is 7. The first kappa shape index (κ1) is 14.7. The largest absolute Gasteiger partial charge is 0.448 e. The van der Waals surface area contributed by atoms with Crippen molar-refractivity contribution in [1.29, 1.82) is 0 Å². The topological polar surface area (TPSA) is 119 Å². The number of carbonyl (C=O) groups is 2. The normalized spacial score (nSPS) is 9.74. The molecular weight excluding hydrogens is 250 g/mol. The second-order valence-corrected chi connectivity index (χ2v) is 3.64. The Kier molecular flexibility index (Phi) is 6.07. The lowest BCUT2D eigenvalue weighted by Crippen LogP contribution is -2.29. The molecule has 0 saturated carbocycles. The third-order valence-electron chi connectivity index (χ3n) is 2.07. The van der Waals surface area contributed by atoms with Crippen molar-refractivity contribution in [1.82, 2.24) is 15.3 Å². The number of ether oxygens (including phenoxy) is 1. The Labute approximate surface area is 110 Å². The molecule has 0 unspecified atom stereocenters. The highest BCUT2D eigenvalue weighted by Gasteiger charge is 2.07. The summed E-state index contributed by atoms with van der Waals surface area (Å²) in [5.41, 5.74) is 4.97. The number of aromatic nitrogens is 2. The van der Waals surface area contributed by atoms with Gasteiger partial charge in [-0.25, -0.2) is 14.8 Å². The van der Waals surface area contributed by atoms with E-state index in [0.717, 1.165) is 13.0 Å². The molecule has 0 aliphatic rings. The van der Waals surface area contributed by atoms with Gasteiger partial charge in [-0.1, -0.05) is 6.92 Å². The fourth-order valence-electron chi connectivity index (χ4n) is 1.20. The summed E-state index contributed by atoms with van der Waals surface area (Å²) in [6, 6.07) is 0. The highest BCUT2D eigenvalue weighted by molar-refractivity contribution is 5.91. The van der Waals surface area contributed by atoms with Crippen LogP contribution in [0.15, 0.2) is 12.4 Å². The van der Waals surface area contributed by atoms with E-state index in [2.05, 4.69) is 25.3 Å². The maximum absolute atomic E-state index is 11.6. The van der Waals surface area contributed by atoms with Gasteiger partial charge < -0.3 is 21.1 Å². The van der Waals surface area contributed by atoms with Crippen molar-refractivity contribution < 1.29 is 14.3 Å². The highest BCUT2D eigenvalue weighted by Crippen LogP contribution is 2.00. The van der Waals surface area contributed by atoms with E-state index in [1.54, 1.807) is 0 Å². The zero-order chi connectivity index (χ0) is 14.1. The van der Waals surface area contributed by atoms with Crippen LogP contribution < -0.4 is 16.4 Å². The third kappa shape index (κ3) is 5.66. The molecule has 0 aliphatic heterocycles. The fraction of sp³-hybridized carbons (Fsp3) is 0.455. The molecule has 0 saturated heterocycles. The van der Waals surface area contributed by atoms with Gasteiger partial charge in [-0.3, -0.25) is 4.79 Å². The minimum absolute atomic E-state index is 0.0185. The second-order valence-electron chi connectivity index (χ2n) is 3.64. The van der Waals surface area contributed by atoms with Gasteiger partial charge >= 0.3 is 6.09 Å². The summed E-state index contributed by atoms with van der Waals surface area (Å²) < 4.78 is 4.47. The van der Waals surface area contributed by atoms with E-state index in [-0.39, 0.29) is 24.8 Å². The van der Waals surface area contributed by atoms with Crippen LogP contribution in [0.3, 0.4) is 0 Å². The van der Waals surface area contributed by atoms with Gasteiger partial charge in [-0.05, 0) is 6.42 Å². The van der Waals surface area contributed by atoms with E-state index in [1.807, 2.05) is 6.92 Å². The Morgan fingerprint density at radius 1 is 1.32 bits per heavy atom. The van der Waals surface area contributed by atoms with Crippen LogP contribution in [0.4, 0.5) is 10.6 Å². The van der Waals surface area contributed by atoms with E-state index in [1.165, 1.54) is 12.4 Å². The smallest absolute Gasteiger partial charge is 0.404 e. The maximum atomic E-state index is 11.6. The molecule has 4 N–H and O–H groups in total. The standard InChI is InChI=1S/C11H17N5O3/c1-2-3-13-9-7-15-8(6-16-9)10(17)14-4-5-19-11(12)18/h6-7H,2-5H2,1H3,(H2,12,18)(H,13,16)(H,14,17). The average Bonchev–Trinajstić information content (AvgIpc) is 2.41. The van der Waals surface area contributed by atoms with Crippen molar-refractivity contribution in [2.24, 2.45) is 5.73 Å². The van der Waals surface area contributed by atoms with Crippen molar-refractivity contribution >= 4 is 17.8 Å². The molecule has 0 atom stereocenters. The molecule has 0 fully saturated rings. The molecule has 0 radical (unpaired) electrons. The van der Waals surface area contributed by atoms with Crippen LogP contribution in [0.5, 0.6) is 0 Å². The van der Waals surface area contributed by atoms with Crippen LogP contribution in [0.25, 0.3) is 0 Å². The van der Waals surface area contributed by atoms with E-state index < -0.39 is 6.09 Å². The first-order valence-corrected chi connectivity index (χ1v) is 5.89.